The minimum Gasteiger partial charge on any atom is -0.452 e. The van der Waals surface area contributed by atoms with Gasteiger partial charge in [0, 0.05) is 23.2 Å². The summed E-state index contributed by atoms with van der Waals surface area (Å²) in [6.45, 7) is 4.84. The van der Waals surface area contributed by atoms with Crippen molar-refractivity contribution in [3.63, 3.8) is 0 Å². The number of carbonyl (C=O) groups excluding carboxylic acids is 3. The van der Waals surface area contributed by atoms with E-state index in [1.165, 1.54) is 18.4 Å². The highest BCUT2D eigenvalue weighted by Gasteiger charge is 2.19. The van der Waals surface area contributed by atoms with Gasteiger partial charge in [-0.05, 0) is 32.9 Å². The predicted molar refractivity (Wildman–Crippen MR) is 98.6 cm³/mol. The van der Waals surface area contributed by atoms with E-state index in [1.54, 1.807) is 36.6 Å². The Morgan fingerprint density at radius 1 is 1.27 bits per heavy atom. The van der Waals surface area contributed by atoms with E-state index >= 15 is 0 Å². The minimum atomic E-state index is -1.03. The van der Waals surface area contributed by atoms with Gasteiger partial charge in [0.05, 0.1) is 12.1 Å². The molecule has 0 fully saturated rings. The number of benzene rings is 1. The van der Waals surface area contributed by atoms with E-state index in [0.29, 0.717) is 11.3 Å². The van der Waals surface area contributed by atoms with E-state index in [9.17, 15) is 19.2 Å². The van der Waals surface area contributed by atoms with Crippen molar-refractivity contribution in [2.24, 2.45) is 0 Å². The van der Waals surface area contributed by atoms with Gasteiger partial charge in [0.2, 0.25) is 0 Å². The quantitative estimate of drug-likeness (QED) is 0.591. The smallest absolute Gasteiger partial charge is 0.308 e. The number of esters is 1. The van der Waals surface area contributed by atoms with Gasteiger partial charge in [-0.1, -0.05) is 23.5 Å². The average Bonchev–Trinajstić information content (AvgIpc) is 2.91. The molecule has 8 heteroatoms. The minimum absolute atomic E-state index is 0.0147. The zero-order valence-corrected chi connectivity index (χ0v) is 15.6. The molecule has 2 rings (SSSR count). The first-order valence-electron chi connectivity index (χ1n) is 8.05. The lowest BCUT2D eigenvalue weighted by Gasteiger charge is -2.15. The van der Waals surface area contributed by atoms with Crippen LogP contribution < -0.4 is 10.2 Å². The first-order valence-corrected chi connectivity index (χ1v) is 8.92. The van der Waals surface area contributed by atoms with Crippen LogP contribution in [-0.2, 0) is 20.9 Å². The fourth-order valence-corrected chi connectivity index (χ4v) is 3.08. The third kappa shape index (κ3) is 4.89. The number of nitrogens with zero attached hydrogens (tertiary/aromatic N) is 1. The van der Waals surface area contributed by atoms with Crippen LogP contribution in [0.2, 0.25) is 0 Å². The molecule has 0 saturated heterocycles. The van der Waals surface area contributed by atoms with Gasteiger partial charge in [-0.25, -0.2) is 0 Å². The molecule has 2 aromatic rings. The Hall–Kier alpha value is -2.74. The Bertz CT molecular complexity index is 884. The molecule has 1 N–H and O–H groups in total. The van der Waals surface area contributed by atoms with Crippen LogP contribution in [0.15, 0.2) is 34.4 Å². The Balaban J connectivity index is 1.91. The number of amides is 1. The SMILES string of the molecule is CC(=O)c1ccccc1NC(=O)C(C)OC(=O)CCn1c(C)csc1=O. The number of hydrogen-bond acceptors (Lipinski definition) is 6. The van der Waals surface area contributed by atoms with Crippen LogP contribution in [0.5, 0.6) is 0 Å². The summed E-state index contributed by atoms with van der Waals surface area (Å²) in [7, 11) is 0. The maximum Gasteiger partial charge on any atom is 0.308 e. The van der Waals surface area contributed by atoms with Crippen molar-refractivity contribution in [2.75, 3.05) is 5.32 Å². The zero-order chi connectivity index (χ0) is 19.3. The number of hydrogen-bond donors (Lipinski definition) is 1. The van der Waals surface area contributed by atoms with Crippen molar-refractivity contribution in [2.45, 2.75) is 39.8 Å². The molecule has 26 heavy (non-hydrogen) atoms. The molecule has 7 nitrogen and oxygen atoms in total. The van der Waals surface area contributed by atoms with E-state index in [2.05, 4.69) is 5.32 Å². The van der Waals surface area contributed by atoms with Gasteiger partial charge in [0.25, 0.3) is 5.91 Å². The van der Waals surface area contributed by atoms with Crippen molar-refractivity contribution < 1.29 is 19.1 Å². The molecular formula is C18H20N2O5S. The summed E-state index contributed by atoms with van der Waals surface area (Å²) in [6, 6.07) is 6.61. The molecule has 0 spiro atoms. The van der Waals surface area contributed by atoms with Crippen molar-refractivity contribution in [3.05, 3.63) is 50.6 Å². The van der Waals surface area contributed by atoms with Gasteiger partial charge in [-0.15, -0.1) is 0 Å². The molecule has 1 heterocycles. The number of rotatable bonds is 7. The molecule has 0 aliphatic heterocycles. The highest BCUT2D eigenvalue weighted by atomic mass is 32.1. The number of ketones is 1. The first kappa shape index (κ1) is 19.6. The molecule has 0 bridgehead atoms. The summed E-state index contributed by atoms with van der Waals surface area (Å²) in [5.74, 6) is -1.29. The number of carbonyl (C=O) groups is 3. The predicted octanol–water partition coefficient (Wildman–Crippen LogP) is 2.38. The molecule has 0 saturated carbocycles. The van der Waals surface area contributed by atoms with Crippen LogP contribution in [0.1, 0.15) is 36.3 Å². The molecule has 1 atom stereocenters. The Kier molecular flexibility index (Phi) is 6.46. The summed E-state index contributed by atoms with van der Waals surface area (Å²) in [5, 5.41) is 4.31. The summed E-state index contributed by atoms with van der Waals surface area (Å²) < 4.78 is 6.60. The number of ether oxygens (including phenoxy) is 1. The lowest BCUT2D eigenvalue weighted by Crippen LogP contribution is -2.31. The third-order valence-corrected chi connectivity index (χ3v) is 4.64. The molecule has 1 aromatic heterocycles. The Morgan fingerprint density at radius 2 is 1.96 bits per heavy atom. The monoisotopic (exact) mass is 376 g/mol. The van der Waals surface area contributed by atoms with Crippen LogP contribution in [0.4, 0.5) is 5.69 Å². The molecule has 1 unspecified atom stereocenters. The van der Waals surface area contributed by atoms with E-state index in [1.807, 2.05) is 0 Å². The van der Waals surface area contributed by atoms with Crippen molar-refractivity contribution in [3.8, 4) is 0 Å². The van der Waals surface area contributed by atoms with Crippen molar-refractivity contribution >= 4 is 34.7 Å². The van der Waals surface area contributed by atoms with Crippen molar-refractivity contribution in [1.29, 1.82) is 0 Å². The van der Waals surface area contributed by atoms with Crippen LogP contribution in [-0.4, -0.2) is 28.3 Å². The summed E-state index contributed by atoms with van der Waals surface area (Å²) >= 11 is 1.07. The van der Waals surface area contributed by atoms with Crippen LogP contribution in [0.25, 0.3) is 0 Å². The number of Topliss-reactive ketones (excluding diaryl/α,β-unsaturated/α-hetero) is 1. The Labute approximate surface area is 154 Å². The molecule has 0 radical (unpaired) electrons. The van der Waals surface area contributed by atoms with Gasteiger partial charge in [-0.2, -0.15) is 0 Å². The third-order valence-electron chi connectivity index (χ3n) is 3.76. The van der Waals surface area contributed by atoms with Gasteiger partial charge < -0.3 is 14.6 Å². The second kappa shape index (κ2) is 8.57. The summed E-state index contributed by atoms with van der Waals surface area (Å²) in [6.07, 6.45) is -1.04. The molecule has 1 aromatic carbocycles. The maximum absolute atomic E-state index is 12.2. The highest BCUT2D eigenvalue weighted by molar-refractivity contribution is 7.07. The van der Waals surface area contributed by atoms with Crippen LogP contribution in [0.3, 0.4) is 0 Å². The lowest BCUT2D eigenvalue weighted by atomic mass is 10.1. The van der Waals surface area contributed by atoms with Gasteiger partial charge in [0.1, 0.15) is 0 Å². The Morgan fingerprint density at radius 3 is 2.58 bits per heavy atom. The zero-order valence-electron chi connectivity index (χ0n) is 14.8. The van der Waals surface area contributed by atoms with E-state index in [-0.39, 0.29) is 23.6 Å². The van der Waals surface area contributed by atoms with Crippen molar-refractivity contribution in [1.82, 2.24) is 4.57 Å². The largest absolute Gasteiger partial charge is 0.452 e. The van der Waals surface area contributed by atoms with E-state index < -0.39 is 18.0 Å². The fraction of sp³-hybridized carbons (Fsp3) is 0.333. The number of nitrogens with one attached hydrogen (secondary N) is 1. The highest BCUT2D eigenvalue weighted by Crippen LogP contribution is 2.16. The fourth-order valence-electron chi connectivity index (χ4n) is 2.32. The summed E-state index contributed by atoms with van der Waals surface area (Å²) in [4.78, 5) is 47.2. The van der Waals surface area contributed by atoms with Gasteiger partial charge in [0.15, 0.2) is 11.9 Å². The van der Waals surface area contributed by atoms with Gasteiger partial charge >= 0.3 is 10.8 Å². The number of para-hydroxylation sites is 1. The normalized spacial score (nSPS) is 11.7. The standard InChI is InChI=1S/C18H20N2O5S/c1-11-10-26-18(24)20(11)9-8-16(22)25-13(3)17(23)19-15-7-5-4-6-14(15)12(2)21/h4-7,10,13H,8-9H2,1-3H3,(H,19,23). The average molecular weight is 376 g/mol. The maximum atomic E-state index is 12.2. The van der Waals surface area contributed by atoms with Gasteiger partial charge in [-0.3, -0.25) is 19.2 Å². The van der Waals surface area contributed by atoms with Crippen LogP contribution >= 0.6 is 11.3 Å². The number of anilines is 1. The van der Waals surface area contributed by atoms with E-state index in [4.69, 9.17) is 4.74 Å². The topological polar surface area (TPSA) is 94.5 Å². The van der Waals surface area contributed by atoms with E-state index in [0.717, 1.165) is 17.0 Å². The first-order chi connectivity index (χ1) is 12.3. The lowest BCUT2D eigenvalue weighted by molar-refractivity contribution is -0.153. The molecular weight excluding hydrogens is 356 g/mol. The molecule has 0 aliphatic rings. The molecule has 1 amide bonds. The molecule has 138 valence electrons. The molecule has 0 aliphatic carbocycles. The number of aromatic nitrogens is 1. The number of aryl methyl sites for hydroxylation is 1. The second-order valence-corrected chi connectivity index (χ2v) is 6.59. The van der Waals surface area contributed by atoms with Crippen LogP contribution in [0, 0.1) is 6.92 Å². The summed E-state index contributed by atoms with van der Waals surface area (Å²) in [5.41, 5.74) is 1.53. The number of thiazole rings is 1. The second-order valence-electron chi connectivity index (χ2n) is 5.77.